The van der Waals surface area contributed by atoms with Crippen molar-refractivity contribution in [2.45, 2.75) is 32.4 Å². The van der Waals surface area contributed by atoms with Crippen LogP contribution in [0.1, 0.15) is 25.7 Å². The maximum atomic E-state index is 11.2. The average Bonchev–Trinajstić information content (AvgIpc) is 3.18. The van der Waals surface area contributed by atoms with E-state index in [0.717, 1.165) is 24.3 Å². The number of carboxylic acids is 1. The summed E-state index contributed by atoms with van der Waals surface area (Å²) in [5, 5.41) is 13.2. The van der Waals surface area contributed by atoms with Crippen LogP contribution in [0.2, 0.25) is 0 Å². The molecule has 0 bridgehead atoms. The third-order valence-corrected chi connectivity index (χ3v) is 3.88. The van der Waals surface area contributed by atoms with E-state index < -0.39 is 12.0 Å². The molecule has 0 amide bonds. The summed E-state index contributed by atoms with van der Waals surface area (Å²) in [6.07, 6.45) is 1.53. The number of halogens is 1. The van der Waals surface area contributed by atoms with Crippen molar-refractivity contribution in [3.63, 3.8) is 0 Å². The fourth-order valence-electron chi connectivity index (χ4n) is 2.77. The van der Waals surface area contributed by atoms with E-state index in [4.69, 9.17) is 9.26 Å². The monoisotopic (exact) mass is 353 g/mol. The van der Waals surface area contributed by atoms with Crippen LogP contribution in [0.25, 0.3) is 11.4 Å². The van der Waals surface area contributed by atoms with E-state index >= 15 is 0 Å². The van der Waals surface area contributed by atoms with Crippen molar-refractivity contribution in [3.05, 3.63) is 30.2 Å². The zero-order valence-corrected chi connectivity index (χ0v) is 14.2. The predicted octanol–water partition coefficient (Wildman–Crippen LogP) is 2.61. The Kier molecular flexibility index (Phi) is 6.16. The van der Waals surface area contributed by atoms with E-state index in [9.17, 15) is 9.90 Å². The Balaban J connectivity index is 0.00000208. The number of aliphatic carboxylic acids is 1. The molecule has 1 saturated heterocycles. The Morgan fingerprint density at radius 2 is 2.17 bits per heavy atom. The van der Waals surface area contributed by atoms with Gasteiger partial charge in [0.25, 0.3) is 0 Å². The number of carboxylic acid groups (broad SMARTS) is 1. The topological polar surface area (TPSA) is 88.7 Å². The van der Waals surface area contributed by atoms with Gasteiger partial charge < -0.3 is 14.4 Å². The molecule has 1 fully saturated rings. The first-order valence-corrected chi connectivity index (χ1v) is 7.70. The molecule has 3 rings (SSSR count). The Morgan fingerprint density at radius 3 is 2.83 bits per heavy atom. The van der Waals surface area contributed by atoms with Crippen molar-refractivity contribution < 1.29 is 19.2 Å². The second-order valence-electron chi connectivity index (χ2n) is 5.44. The number of nitrogens with zero attached hydrogens (tertiary/aromatic N) is 3. The number of hydrogen-bond acceptors (Lipinski definition) is 6. The highest BCUT2D eigenvalue weighted by molar-refractivity contribution is 5.85. The second kappa shape index (κ2) is 8.12. The minimum absolute atomic E-state index is 0. The van der Waals surface area contributed by atoms with E-state index in [-0.39, 0.29) is 12.4 Å². The number of benzene rings is 1. The Morgan fingerprint density at radius 1 is 1.42 bits per heavy atom. The van der Waals surface area contributed by atoms with Crippen LogP contribution in [-0.2, 0) is 11.3 Å². The molecule has 24 heavy (non-hydrogen) atoms. The van der Waals surface area contributed by atoms with E-state index in [0.29, 0.717) is 31.3 Å². The molecule has 0 spiro atoms. The van der Waals surface area contributed by atoms with Gasteiger partial charge in [0.15, 0.2) is 0 Å². The fraction of sp³-hybridized carbons (Fsp3) is 0.438. The van der Waals surface area contributed by atoms with Gasteiger partial charge in [-0.3, -0.25) is 9.69 Å². The van der Waals surface area contributed by atoms with Crippen molar-refractivity contribution in [2.24, 2.45) is 0 Å². The van der Waals surface area contributed by atoms with E-state index in [1.54, 1.807) is 0 Å². The van der Waals surface area contributed by atoms with Crippen molar-refractivity contribution in [1.82, 2.24) is 15.0 Å². The smallest absolute Gasteiger partial charge is 0.320 e. The summed E-state index contributed by atoms with van der Waals surface area (Å²) in [4.78, 5) is 17.4. The largest absolute Gasteiger partial charge is 0.494 e. The average molecular weight is 354 g/mol. The molecule has 0 radical (unpaired) electrons. The number of carbonyl (C=O) groups is 1. The molecule has 1 atom stereocenters. The molecule has 2 aromatic rings. The number of hydrogen-bond donors (Lipinski definition) is 1. The molecule has 1 aromatic carbocycles. The summed E-state index contributed by atoms with van der Waals surface area (Å²) >= 11 is 0. The first-order valence-electron chi connectivity index (χ1n) is 7.70. The normalized spacial score (nSPS) is 17.5. The third-order valence-electron chi connectivity index (χ3n) is 3.88. The fourth-order valence-corrected chi connectivity index (χ4v) is 2.77. The van der Waals surface area contributed by atoms with Gasteiger partial charge in [0, 0.05) is 5.56 Å². The molecular weight excluding hydrogens is 334 g/mol. The maximum Gasteiger partial charge on any atom is 0.320 e. The van der Waals surface area contributed by atoms with Gasteiger partial charge in [-0.2, -0.15) is 4.98 Å². The van der Waals surface area contributed by atoms with Gasteiger partial charge in [-0.25, -0.2) is 0 Å². The highest BCUT2D eigenvalue weighted by Gasteiger charge is 2.31. The highest BCUT2D eigenvalue weighted by atomic mass is 35.5. The summed E-state index contributed by atoms with van der Waals surface area (Å²) in [7, 11) is 0. The van der Waals surface area contributed by atoms with Crippen LogP contribution >= 0.6 is 12.4 Å². The molecule has 1 aliphatic rings. The Hall–Kier alpha value is -2.12. The van der Waals surface area contributed by atoms with E-state index in [1.165, 1.54) is 0 Å². The number of likely N-dealkylation sites (tertiary alicyclic amines) is 1. The first kappa shape index (κ1) is 18.2. The molecule has 0 saturated carbocycles. The molecule has 7 nitrogen and oxygen atoms in total. The molecule has 1 N–H and O–H groups in total. The number of aromatic nitrogens is 2. The van der Waals surface area contributed by atoms with Gasteiger partial charge >= 0.3 is 5.97 Å². The van der Waals surface area contributed by atoms with Crippen LogP contribution in [0.5, 0.6) is 5.75 Å². The lowest BCUT2D eigenvalue weighted by atomic mass is 10.2. The first-order chi connectivity index (χ1) is 11.2. The summed E-state index contributed by atoms with van der Waals surface area (Å²) < 4.78 is 10.7. The lowest BCUT2D eigenvalue weighted by Gasteiger charge is -2.18. The number of ether oxygens (including phenoxy) is 1. The van der Waals surface area contributed by atoms with Crippen LogP contribution < -0.4 is 4.74 Å². The van der Waals surface area contributed by atoms with E-state index in [2.05, 4.69) is 10.1 Å². The second-order valence-corrected chi connectivity index (χ2v) is 5.44. The van der Waals surface area contributed by atoms with Crippen molar-refractivity contribution in [1.29, 1.82) is 0 Å². The van der Waals surface area contributed by atoms with Gasteiger partial charge in [0.2, 0.25) is 11.7 Å². The van der Waals surface area contributed by atoms with Crippen LogP contribution in [0.15, 0.2) is 28.8 Å². The van der Waals surface area contributed by atoms with Gasteiger partial charge in [0.05, 0.1) is 13.2 Å². The SMILES string of the molecule is CCOc1ccc(-c2noc(CN3CCCC3C(=O)O)n2)cc1.Cl. The predicted molar refractivity (Wildman–Crippen MR) is 89.2 cm³/mol. The van der Waals surface area contributed by atoms with Gasteiger partial charge in [-0.05, 0) is 50.6 Å². The van der Waals surface area contributed by atoms with Gasteiger partial charge in [-0.1, -0.05) is 5.16 Å². The maximum absolute atomic E-state index is 11.2. The minimum atomic E-state index is -0.797. The molecule has 1 unspecified atom stereocenters. The van der Waals surface area contributed by atoms with Crippen LogP contribution in [-0.4, -0.2) is 45.3 Å². The van der Waals surface area contributed by atoms with Gasteiger partial charge in [-0.15, -0.1) is 12.4 Å². The third kappa shape index (κ3) is 4.04. The van der Waals surface area contributed by atoms with Crippen molar-refractivity contribution >= 4 is 18.4 Å². The Labute approximate surface area is 146 Å². The van der Waals surface area contributed by atoms with Gasteiger partial charge in [0.1, 0.15) is 11.8 Å². The molecule has 0 aliphatic carbocycles. The van der Waals surface area contributed by atoms with Crippen LogP contribution in [0, 0.1) is 0 Å². The minimum Gasteiger partial charge on any atom is -0.494 e. The zero-order valence-electron chi connectivity index (χ0n) is 13.3. The standard InChI is InChI=1S/C16H19N3O4.ClH/c1-2-22-12-7-5-11(6-8-12)15-17-14(23-18-15)10-19-9-3-4-13(19)16(20)21;/h5-8,13H,2-4,9-10H2,1H3,(H,20,21);1H. The lowest BCUT2D eigenvalue weighted by Crippen LogP contribution is -2.35. The van der Waals surface area contributed by atoms with Crippen molar-refractivity contribution in [3.8, 4) is 17.1 Å². The molecule has 1 aromatic heterocycles. The zero-order chi connectivity index (χ0) is 16.2. The summed E-state index contributed by atoms with van der Waals surface area (Å²) in [5.74, 6) is 0.922. The Bertz CT molecular complexity index is 674. The lowest BCUT2D eigenvalue weighted by molar-refractivity contribution is -0.142. The van der Waals surface area contributed by atoms with Crippen molar-refractivity contribution in [2.75, 3.05) is 13.2 Å². The molecular formula is C16H20ClN3O4. The van der Waals surface area contributed by atoms with Crippen LogP contribution in [0.4, 0.5) is 0 Å². The summed E-state index contributed by atoms with van der Waals surface area (Å²) in [6.45, 7) is 3.65. The van der Waals surface area contributed by atoms with Crippen LogP contribution in [0.3, 0.4) is 0 Å². The highest BCUT2D eigenvalue weighted by Crippen LogP contribution is 2.23. The molecule has 8 heteroatoms. The number of rotatable bonds is 6. The molecule has 1 aliphatic heterocycles. The quantitative estimate of drug-likeness (QED) is 0.853. The summed E-state index contributed by atoms with van der Waals surface area (Å²) in [5.41, 5.74) is 0.833. The van der Waals surface area contributed by atoms with E-state index in [1.807, 2.05) is 36.1 Å². The molecule has 2 heterocycles. The summed E-state index contributed by atoms with van der Waals surface area (Å²) in [6, 6.07) is 6.99. The molecule has 130 valence electrons.